The van der Waals surface area contributed by atoms with Crippen LogP contribution in [0.5, 0.6) is 11.5 Å². The second kappa shape index (κ2) is 9.79. The standard InChI is InChI=1S/C27H26N2O5/c1-17(2)34-21-8-6-7-19(15-21)25(30)23-24(22-9-4-5-14-28-22)29(27(32)26(23)31)16-18-10-12-20(33-3)13-11-18/h4-15,17,24,30H,16H2,1-3H3/b25-23-. The molecule has 1 amide bonds. The molecule has 0 spiro atoms. The largest absolute Gasteiger partial charge is 0.507 e. The number of rotatable bonds is 7. The minimum atomic E-state index is -0.835. The van der Waals surface area contributed by atoms with Crippen LogP contribution in [0.15, 0.2) is 78.5 Å². The van der Waals surface area contributed by atoms with Crippen LogP contribution in [0, 0.1) is 0 Å². The number of likely N-dealkylation sites (tertiary alicyclic amines) is 1. The topological polar surface area (TPSA) is 89.0 Å². The lowest BCUT2D eigenvalue weighted by molar-refractivity contribution is -0.140. The summed E-state index contributed by atoms with van der Waals surface area (Å²) < 4.78 is 10.9. The predicted octanol–water partition coefficient (Wildman–Crippen LogP) is 4.50. The van der Waals surface area contributed by atoms with E-state index in [1.807, 2.05) is 26.0 Å². The first-order valence-corrected chi connectivity index (χ1v) is 11.0. The molecule has 1 aliphatic heterocycles. The van der Waals surface area contributed by atoms with Crippen LogP contribution in [0.1, 0.15) is 36.7 Å². The van der Waals surface area contributed by atoms with Gasteiger partial charge in [-0.25, -0.2) is 0 Å². The molecule has 0 aliphatic carbocycles. The van der Waals surface area contributed by atoms with Gasteiger partial charge in [-0.3, -0.25) is 14.6 Å². The van der Waals surface area contributed by atoms with Crippen molar-refractivity contribution < 1.29 is 24.2 Å². The van der Waals surface area contributed by atoms with Crippen molar-refractivity contribution in [2.45, 2.75) is 32.5 Å². The fourth-order valence-electron chi connectivity index (χ4n) is 3.96. The van der Waals surface area contributed by atoms with Gasteiger partial charge in [0, 0.05) is 18.3 Å². The molecule has 4 rings (SSSR count). The summed E-state index contributed by atoms with van der Waals surface area (Å²) in [7, 11) is 1.58. The molecule has 34 heavy (non-hydrogen) atoms. The van der Waals surface area contributed by atoms with Crippen LogP contribution >= 0.6 is 0 Å². The highest BCUT2D eigenvalue weighted by Crippen LogP contribution is 2.40. The molecule has 1 aliphatic rings. The van der Waals surface area contributed by atoms with E-state index in [1.54, 1.807) is 67.9 Å². The first kappa shape index (κ1) is 23.0. The minimum Gasteiger partial charge on any atom is -0.507 e. The third-order valence-corrected chi connectivity index (χ3v) is 5.50. The number of Topliss-reactive ketones (excluding diaryl/α,β-unsaturated/α-hetero) is 1. The zero-order valence-electron chi connectivity index (χ0n) is 19.3. The van der Waals surface area contributed by atoms with Gasteiger partial charge in [-0.1, -0.05) is 30.3 Å². The van der Waals surface area contributed by atoms with Crippen LogP contribution in [-0.4, -0.2) is 39.9 Å². The van der Waals surface area contributed by atoms with Crippen LogP contribution in [0.3, 0.4) is 0 Å². The van der Waals surface area contributed by atoms with Gasteiger partial charge in [0.1, 0.15) is 23.3 Å². The summed E-state index contributed by atoms with van der Waals surface area (Å²) in [6.07, 6.45) is 1.54. The van der Waals surface area contributed by atoms with Crippen LogP contribution in [-0.2, 0) is 16.1 Å². The Bertz CT molecular complexity index is 1220. The van der Waals surface area contributed by atoms with Crippen LogP contribution in [0.25, 0.3) is 5.76 Å². The summed E-state index contributed by atoms with van der Waals surface area (Å²) in [5.41, 5.74) is 1.70. The quantitative estimate of drug-likeness (QED) is 0.319. The molecular formula is C27H26N2O5. The summed E-state index contributed by atoms with van der Waals surface area (Å²) in [5.74, 6) is -0.462. The van der Waals surface area contributed by atoms with E-state index in [4.69, 9.17) is 9.47 Å². The Morgan fingerprint density at radius 2 is 1.79 bits per heavy atom. The smallest absolute Gasteiger partial charge is 0.296 e. The van der Waals surface area contributed by atoms with E-state index in [-0.39, 0.29) is 24.0 Å². The molecule has 0 radical (unpaired) electrons. The number of hydrogen-bond donors (Lipinski definition) is 1. The summed E-state index contributed by atoms with van der Waals surface area (Å²) in [6.45, 7) is 3.97. The van der Waals surface area contributed by atoms with Crippen molar-refractivity contribution in [1.29, 1.82) is 0 Å². The number of ether oxygens (including phenoxy) is 2. The van der Waals surface area contributed by atoms with Gasteiger partial charge in [-0.05, 0) is 55.8 Å². The molecule has 1 atom stereocenters. The Hall–Kier alpha value is -4.13. The molecule has 2 aromatic carbocycles. The second-order valence-corrected chi connectivity index (χ2v) is 8.22. The molecule has 3 aromatic rings. The number of carbonyl (C=O) groups is 2. The average molecular weight is 459 g/mol. The molecule has 7 nitrogen and oxygen atoms in total. The maximum atomic E-state index is 13.2. The van der Waals surface area contributed by atoms with E-state index in [0.717, 1.165) is 5.56 Å². The molecule has 1 aromatic heterocycles. The van der Waals surface area contributed by atoms with Crippen molar-refractivity contribution in [3.8, 4) is 11.5 Å². The molecule has 2 heterocycles. The number of nitrogens with zero attached hydrogens (tertiary/aromatic N) is 2. The highest BCUT2D eigenvalue weighted by Gasteiger charge is 2.46. The van der Waals surface area contributed by atoms with Crippen molar-refractivity contribution in [3.63, 3.8) is 0 Å². The zero-order valence-corrected chi connectivity index (χ0v) is 19.3. The van der Waals surface area contributed by atoms with E-state index in [0.29, 0.717) is 22.8 Å². The first-order valence-electron chi connectivity index (χ1n) is 11.0. The Morgan fingerprint density at radius 3 is 2.44 bits per heavy atom. The number of ketones is 1. The van der Waals surface area contributed by atoms with Gasteiger partial charge < -0.3 is 19.5 Å². The molecule has 1 fully saturated rings. The number of aromatic nitrogens is 1. The molecule has 174 valence electrons. The van der Waals surface area contributed by atoms with Gasteiger partial charge in [-0.2, -0.15) is 0 Å². The van der Waals surface area contributed by atoms with E-state index in [9.17, 15) is 14.7 Å². The van der Waals surface area contributed by atoms with Crippen molar-refractivity contribution in [1.82, 2.24) is 9.88 Å². The number of aliphatic hydroxyl groups excluding tert-OH is 1. The molecule has 0 bridgehead atoms. The summed E-state index contributed by atoms with van der Waals surface area (Å²) in [4.78, 5) is 32.1. The molecule has 1 N–H and O–H groups in total. The van der Waals surface area contributed by atoms with Gasteiger partial charge in [0.2, 0.25) is 0 Å². The number of methoxy groups -OCH3 is 1. The number of carbonyl (C=O) groups excluding carboxylic acids is 2. The maximum Gasteiger partial charge on any atom is 0.296 e. The number of pyridine rings is 1. The van der Waals surface area contributed by atoms with Crippen molar-refractivity contribution in [2.75, 3.05) is 7.11 Å². The van der Waals surface area contributed by atoms with Crippen molar-refractivity contribution >= 4 is 17.4 Å². The summed E-state index contributed by atoms with van der Waals surface area (Å²) in [6, 6.07) is 18.5. The number of hydrogen-bond acceptors (Lipinski definition) is 6. The normalized spacial score (nSPS) is 17.3. The van der Waals surface area contributed by atoms with Gasteiger partial charge in [0.05, 0.1) is 24.5 Å². The van der Waals surface area contributed by atoms with Gasteiger partial charge in [-0.15, -0.1) is 0 Å². The van der Waals surface area contributed by atoms with Gasteiger partial charge in [0.25, 0.3) is 11.7 Å². The molecule has 1 unspecified atom stereocenters. The lowest BCUT2D eigenvalue weighted by Crippen LogP contribution is -2.29. The third-order valence-electron chi connectivity index (χ3n) is 5.50. The number of amides is 1. The third kappa shape index (κ3) is 4.64. The predicted molar refractivity (Wildman–Crippen MR) is 127 cm³/mol. The number of aliphatic hydroxyl groups is 1. The molecule has 7 heteroatoms. The SMILES string of the molecule is COc1ccc(CN2C(=O)C(=O)/C(=C(\O)c3cccc(OC(C)C)c3)C2c2ccccn2)cc1. The van der Waals surface area contributed by atoms with E-state index >= 15 is 0 Å². The fourth-order valence-corrected chi connectivity index (χ4v) is 3.96. The Balaban J connectivity index is 1.79. The maximum absolute atomic E-state index is 13.2. The summed E-state index contributed by atoms with van der Waals surface area (Å²) >= 11 is 0. The van der Waals surface area contributed by atoms with Crippen molar-refractivity contribution in [2.24, 2.45) is 0 Å². The van der Waals surface area contributed by atoms with Crippen LogP contribution < -0.4 is 9.47 Å². The van der Waals surface area contributed by atoms with Crippen LogP contribution in [0.2, 0.25) is 0 Å². The Morgan fingerprint density at radius 1 is 1.03 bits per heavy atom. The van der Waals surface area contributed by atoms with E-state index in [2.05, 4.69) is 4.98 Å². The number of benzene rings is 2. The highest BCUT2D eigenvalue weighted by molar-refractivity contribution is 6.46. The van der Waals surface area contributed by atoms with Crippen molar-refractivity contribution in [3.05, 3.63) is 95.3 Å². The highest BCUT2D eigenvalue weighted by atomic mass is 16.5. The molecule has 0 saturated carbocycles. The second-order valence-electron chi connectivity index (χ2n) is 8.22. The van der Waals surface area contributed by atoms with Gasteiger partial charge in [0.15, 0.2) is 0 Å². The lowest BCUT2D eigenvalue weighted by Gasteiger charge is -2.24. The fraction of sp³-hybridized carbons (Fsp3) is 0.222. The first-order chi connectivity index (χ1) is 16.4. The van der Waals surface area contributed by atoms with E-state index < -0.39 is 17.7 Å². The molecular weight excluding hydrogens is 432 g/mol. The Kier molecular flexibility index (Phi) is 6.63. The lowest BCUT2D eigenvalue weighted by atomic mass is 9.98. The Labute approximate surface area is 198 Å². The van der Waals surface area contributed by atoms with E-state index in [1.165, 1.54) is 4.90 Å². The summed E-state index contributed by atoms with van der Waals surface area (Å²) in [5, 5.41) is 11.2. The average Bonchev–Trinajstić information content (AvgIpc) is 3.09. The monoisotopic (exact) mass is 458 g/mol. The minimum absolute atomic E-state index is 0.00101. The molecule has 1 saturated heterocycles. The van der Waals surface area contributed by atoms with Gasteiger partial charge >= 0.3 is 0 Å². The zero-order chi connectivity index (χ0) is 24.2. The van der Waals surface area contributed by atoms with Crippen LogP contribution in [0.4, 0.5) is 0 Å².